The van der Waals surface area contributed by atoms with Crippen LogP contribution < -0.4 is 0 Å². The number of benzene rings is 1. The number of ether oxygens (including phenoxy) is 1. The molecule has 0 spiro atoms. The third-order valence-corrected chi connectivity index (χ3v) is 4.02. The van der Waals surface area contributed by atoms with Gasteiger partial charge in [-0.3, -0.25) is 4.79 Å². The summed E-state index contributed by atoms with van der Waals surface area (Å²) >= 11 is 1.14. The van der Waals surface area contributed by atoms with E-state index in [-0.39, 0.29) is 23.1 Å². The van der Waals surface area contributed by atoms with Gasteiger partial charge in [-0.2, -0.15) is 0 Å². The Labute approximate surface area is 123 Å². The maximum atomic E-state index is 13.6. The van der Waals surface area contributed by atoms with Crippen LogP contribution in [-0.4, -0.2) is 23.3 Å². The fraction of sp³-hybridized carbons (Fsp3) is 0.0667. The van der Waals surface area contributed by atoms with Crippen LogP contribution in [-0.2, 0) is 4.74 Å². The number of esters is 1. The zero-order valence-corrected chi connectivity index (χ0v) is 11.6. The molecule has 0 fully saturated rings. The molecule has 0 bridgehead atoms. The molecule has 0 radical (unpaired) electrons. The Kier molecular flexibility index (Phi) is 3.53. The molecular weight excluding hydrogens is 293 g/mol. The summed E-state index contributed by atoms with van der Waals surface area (Å²) in [6.07, 6.45) is 1.61. The van der Waals surface area contributed by atoms with Gasteiger partial charge in [0, 0.05) is 16.3 Å². The Balaban J connectivity index is 1.72. The molecule has 4 nitrogen and oxygen atoms in total. The molecule has 0 atom stereocenters. The lowest BCUT2D eigenvalue weighted by atomic mass is 10.2. The highest BCUT2D eigenvalue weighted by Crippen LogP contribution is 2.28. The first-order chi connectivity index (χ1) is 10.1. The molecule has 2 aromatic heterocycles. The molecule has 2 heterocycles. The molecule has 0 saturated heterocycles. The van der Waals surface area contributed by atoms with Crippen molar-refractivity contribution in [2.45, 2.75) is 0 Å². The second-order valence-corrected chi connectivity index (χ2v) is 5.43. The van der Waals surface area contributed by atoms with Gasteiger partial charge in [0.2, 0.25) is 5.78 Å². The van der Waals surface area contributed by atoms with E-state index in [1.807, 2.05) is 0 Å². The molecule has 3 aromatic rings. The molecule has 0 amide bonds. The van der Waals surface area contributed by atoms with Crippen LogP contribution >= 0.6 is 11.3 Å². The average Bonchev–Trinajstić information content (AvgIpc) is 3.13. The van der Waals surface area contributed by atoms with Gasteiger partial charge in [-0.1, -0.05) is 6.07 Å². The molecule has 6 heteroatoms. The van der Waals surface area contributed by atoms with E-state index in [2.05, 4.69) is 4.98 Å². The number of nitrogens with one attached hydrogen (secondary N) is 1. The maximum absolute atomic E-state index is 13.6. The molecule has 0 aliphatic rings. The minimum absolute atomic E-state index is 0.273. The summed E-state index contributed by atoms with van der Waals surface area (Å²) < 4.78 is 19.2. The number of halogens is 1. The summed E-state index contributed by atoms with van der Waals surface area (Å²) in [7, 11) is 0. The van der Waals surface area contributed by atoms with Crippen molar-refractivity contribution in [3.05, 3.63) is 59.0 Å². The third kappa shape index (κ3) is 2.71. The van der Waals surface area contributed by atoms with Gasteiger partial charge in [-0.15, -0.1) is 11.3 Å². The quantitative estimate of drug-likeness (QED) is 0.593. The number of hydrogen-bond donors (Lipinski definition) is 1. The average molecular weight is 303 g/mol. The van der Waals surface area contributed by atoms with E-state index in [9.17, 15) is 14.0 Å². The minimum atomic E-state index is -0.629. The number of fused-ring (bicyclic) bond motifs is 1. The largest absolute Gasteiger partial charge is 0.453 e. The predicted octanol–water partition coefficient (Wildman–Crippen LogP) is 3.41. The van der Waals surface area contributed by atoms with Crippen molar-refractivity contribution in [1.82, 2.24) is 4.98 Å². The van der Waals surface area contributed by atoms with Crippen LogP contribution in [0.25, 0.3) is 10.1 Å². The van der Waals surface area contributed by atoms with Crippen molar-refractivity contribution in [1.29, 1.82) is 0 Å². The molecule has 0 aliphatic carbocycles. The number of thiophene rings is 1. The predicted molar refractivity (Wildman–Crippen MR) is 77.2 cm³/mol. The summed E-state index contributed by atoms with van der Waals surface area (Å²) in [6.45, 7) is -0.351. The number of carbonyl (C=O) groups is 2. The van der Waals surface area contributed by atoms with E-state index in [1.54, 1.807) is 30.5 Å². The van der Waals surface area contributed by atoms with E-state index in [0.29, 0.717) is 15.8 Å². The molecule has 0 saturated carbocycles. The third-order valence-electron chi connectivity index (χ3n) is 2.94. The van der Waals surface area contributed by atoms with Crippen molar-refractivity contribution in [2.24, 2.45) is 0 Å². The Morgan fingerprint density at radius 2 is 2.10 bits per heavy atom. The molecule has 1 aromatic carbocycles. The molecule has 1 N–H and O–H groups in total. The Morgan fingerprint density at radius 1 is 1.24 bits per heavy atom. The summed E-state index contributed by atoms with van der Waals surface area (Å²) in [5, 5.41) is 0.380. The van der Waals surface area contributed by atoms with E-state index in [1.165, 1.54) is 12.1 Å². The number of H-pyrrole nitrogens is 1. The standard InChI is InChI=1S/C15H10FNO3S/c16-10-3-1-5-13-9(10)7-14(21-13)15(19)20-8-12(18)11-4-2-6-17-11/h1-7,17H,8H2. The van der Waals surface area contributed by atoms with Gasteiger partial charge in [0.15, 0.2) is 6.61 Å². The first-order valence-electron chi connectivity index (χ1n) is 6.17. The molecular formula is C15H10FNO3S. The SMILES string of the molecule is O=C(COC(=O)c1cc2c(F)cccc2s1)c1ccc[nH]1. The van der Waals surface area contributed by atoms with Crippen molar-refractivity contribution >= 4 is 33.2 Å². The lowest BCUT2D eigenvalue weighted by Crippen LogP contribution is -2.13. The number of carbonyl (C=O) groups excluding carboxylic acids is 2. The van der Waals surface area contributed by atoms with E-state index in [0.717, 1.165) is 11.3 Å². The monoisotopic (exact) mass is 303 g/mol. The first kappa shape index (κ1) is 13.5. The van der Waals surface area contributed by atoms with Crippen LogP contribution in [0.1, 0.15) is 20.2 Å². The highest BCUT2D eigenvalue weighted by Gasteiger charge is 2.16. The maximum Gasteiger partial charge on any atom is 0.348 e. The first-order valence-corrected chi connectivity index (χ1v) is 6.98. The van der Waals surface area contributed by atoms with Gasteiger partial charge in [0.1, 0.15) is 10.7 Å². The van der Waals surface area contributed by atoms with Gasteiger partial charge in [-0.25, -0.2) is 9.18 Å². The Bertz CT molecular complexity index is 808. The highest BCUT2D eigenvalue weighted by molar-refractivity contribution is 7.20. The van der Waals surface area contributed by atoms with Crippen LogP contribution in [0.15, 0.2) is 42.6 Å². The number of aromatic nitrogens is 1. The Morgan fingerprint density at radius 3 is 2.81 bits per heavy atom. The molecule has 21 heavy (non-hydrogen) atoms. The van der Waals surface area contributed by atoms with E-state index < -0.39 is 5.97 Å². The lowest BCUT2D eigenvalue weighted by molar-refractivity contribution is 0.0478. The van der Waals surface area contributed by atoms with Crippen molar-refractivity contribution in [3.8, 4) is 0 Å². The molecule has 0 unspecified atom stereocenters. The minimum Gasteiger partial charge on any atom is -0.453 e. The summed E-state index contributed by atoms with van der Waals surface area (Å²) in [6, 6.07) is 9.37. The van der Waals surface area contributed by atoms with Gasteiger partial charge in [0.05, 0.1) is 5.69 Å². The van der Waals surface area contributed by atoms with Crippen molar-refractivity contribution < 1.29 is 18.7 Å². The number of ketones is 1. The summed E-state index contributed by atoms with van der Waals surface area (Å²) in [4.78, 5) is 26.6. The second kappa shape index (κ2) is 5.49. The lowest BCUT2D eigenvalue weighted by Gasteiger charge is -2.00. The molecule has 0 aliphatic heterocycles. The summed E-state index contributed by atoms with van der Waals surface area (Å²) in [5.41, 5.74) is 0.380. The number of Topliss-reactive ketones (excluding diaryl/α,β-unsaturated/α-hetero) is 1. The number of rotatable bonds is 4. The van der Waals surface area contributed by atoms with E-state index >= 15 is 0 Å². The Hall–Kier alpha value is -2.47. The number of hydrogen-bond acceptors (Lipinski definition) is 4. The van der Waals surface area contributed by atoms with Crippen LogP contribution in [0, 0.1) is 5.82 Å². The van der Waals surface area contributed by atoms with Gasteiger partial charge >= 0.3 is 5.97 Å². The second-order valence-electron chi connectivity index (χ2n) is 4.35. The van der Waals surface area contributed by atoms with Crippen molar-refractivity contribution in [3.63, 3.8) is 0 Å². The van der Waals surface area contributed by atoms with Crippen LogP contribution in [0.2, 0.25) is 0 Å². The molecule has 106 valence electrons. The highest BCUT2D eigenvalue weighted by atomic mass is 32.1. The fourth-order valence-electron chi connectivity index (χ4n) is 1.91. The smallest absolute Gasteiger partial charge is 0.348 e. The van der Waals surface area contributed by atoms with E-state index in [4.69, 9.17) is 4.74 Å². The summed E-state index contributed by atoms with van der Waals surface area (Å²) in [5.74, 6) is -1.33. The van der Waals surface area contributed by atoms with Gasteiger partial charge < -0.3 is 9.72 Å². The normalized spacial score (nSPS) is 10.7. The number of aromatic amines is 1. The fourth-order valence-corrected chi connectivity index (χ4v) is 2.88. The van der Waals surface area contributed by atoms with Crippen LogP contribution in [0.3, 0.4) is 0 Å². The molecule has 3 rings (SSSR count). The topological polar surface area (TPSA) is 59.2 Å². The van der Waals surface area contributed by atoms with Crippen molar-refractivity contribution in [2.75, 3.05) is 6.61 Å². The van der Waals surface area contributed by atoms with Crippen LogP contribution in [0.5, 0.6) is 0 Å². The van der Waals surface area contributed by atoms with Gasteiger partial charge in [-0.05, 0) is 30.3 Å². The van der Waals surface area contributed by atoms with Gasteiger partial charge in [0.25, 0.3) is 0 Å². The van der Waals surface area contributed by atoms with Crippen LogP contribution in [0.4, 0.5) is 4.39 Å². The zero-order chi connectivity index (χ0) is 14.8. The zero-order valence-electron chi connectivity index (χ0n) is 10.8.